The van der Waals surface area contributed by atoms with Gasteiger partial charge in [0.1, 0.15) is 5.75 Å². The molecule has 2 aromatic carbocycles. The third-order valence-corrected chi connectivity index (χ3v) is 4.48. The van der Waals surface area contributed by atoms with E-state index in [1.807, 2.05) is 22.2 Å². The monoisotopic (exact) mass is 333 g/mol. The Bertz CT molecular complexity index is 812. The van der Waals surface area contributed by atoms with Crippen molar-refractivity contribution in [2.75, 3.05) is 11.6 Å². The number of hydrazine groups is 2. The van der Waals surface area contributed by atoms with E-state index in [0.29, 0.717) is 0 Å². The number of hydrogen-bond donors (Lipinski definition) is 1. The van der Waals surface area contributed by atoms with E-state index in [1.165, 1.54) is 24.0 Å². The molecule has 2 aliphatic heterocycles. The Morgan fingerprint density at radius 1 is 1.00 bits per heavy atom. The van der Waals surface area contributed by atoms with Crippen LogP contribution in [0.5, 0.6) is 5.75 Å². The van der Waals surface area contributed by atoms with Crippen molar-refractivity contribution in [2.24, 2.45) is 0 Å². The molecule has 0 aromatic heterocycles. The first-order valence-corrected chi connectivity index (χ1v) is 8.92. The molecule has 2 aliphatic rings. The molecular formula is C21H23N3O. The normalized spacial score (nSPS) is 15.0. The Morgan fingerprint density at radius 3 is 2.84 bits per heavy atom. The molecule has 0 atom stereocenters. The second-order valence-electron chi connectivity index (χ2n) is 6.31. The number of rotatable bonds is 6. The summed E-state index contributed by atoms with van der Waals surface area (Å²) in [4.78, 5) is 0. The maximum Gasteiger partial charge on any atom is 0.121 e. The van der Waals surface area contributed by atoms with Gasteiger partial charge < -0.3 is 4.74 Å². The first-order valence-electron chi connectivity index (χ1n) is 8.92. The zero-order valence-electron chi connectivity index (χ0n) is 14.5. The Morgan fingerprint density at radius 2 is 1.92 bits per heavy atom. The third-order valence-electron chi connectivity index (χ3n) is 4.48. The second-order valence-corrected chi connectivity index (χ2v) is 6.31. The molecule has 0 amide bonds. The van der Waals surface area contributed by atoms with Gasteiger partial charge in [0.05, 0.1) is 18.0 Å². The van der Waals surface area contributed by atoms with Gasteiger partial charge in [0.25, 0.3) is 0 Å². The number of nitrogens with zero attached hydrogens (tertiary/aromatic N) is 2. The predicted octanol–water partition coefficient (Wildman–Crippen LogP) is 4.78. The highest BCUT2D eigenvalue weighted by Gasteiger charge is 2.25. The summed E-state index contributed by atoms with van der Waals surface area (Å²) in [6.45, 7) is 2.97. The predicted molar refractivity (Wildman–Crippen MR) is 102 cm³/mol. The molecule has 0 spiro atoms. The summed E-state index contributed by atoms with van der Waals surface area (Å²) in [7, 11) is 0. The quantitative estimate of drug-likeness (QED) is 0.770. The van der Waals surface area contributed by atoms with Gasteiger partial charge in [0, 0.05) is 24.0 Å². The van der Waals surface area contributed by atoms with Crippen LogP contribution in [0.3, 0.4) is 0 Å². The molecule has 0 fully saturated rings. The lowest BCUT2D eigenvalue weighted by Gasteiger charge is -2.24. The lowest BCUT2D eigenvalue weighted by molar-refractivity contribution is 0.306. The zero-order valence-corrected chi connectivity index (χ0v) is 14.5. The van der Waals surface area contributed by atoms with Crippen LogP contribution in [-0.2, 0) is 0 Å². The topological polar surface area (TPSA) is 27.7 Å². The molecule has 0 bridgehead atoms. The SMILES string of the molecule is CCCCCOc1cccc(N2C=C3c4ccccc4C=CN3N2)c1. The maximum atomic E-state index is 5.88. The van der Waals surface area contributed by atoms with Crippen molar-refractivity contribution in [3.05, 3.63) is 72.1 Å². The fourth-order valence-electron chi connectivity index (χ4n) is 3.12. The van der Waals surface area contributed by atoms with E-state index in [0.717, 1.165) is 30.2 Å². The molecule has 0 saturated carbocycles. The van der Waals surface area contributed by atoms with Crippen molar-refractivity contribution in [2.45, 2.75) is 26.2 Å². The highest BCUT2D eigenvalue weighted by atomic mass is 16.5. The van der Waals surface area contributed by atoms with Crippen LogP contribution in [0.25, 0.3) is 11.8 Å². The molecule has 2 heterocycles. The number of ether oxygens (including phenoxy) is 1. The van der Waals surface area contributed by atoms with Crippen LogP contribution in [0.1, 0.15) is 37.3 Å². The molecule has 4 heteroatoms. The number of nitrogens with one attached hydrogen (secondary N) is 1. The van der Waals surface area contributed by atoms with E-state index in [1.54, 1.807) is 0 Å². The summed E-state index contributed by atoms with van der Waals surface area (Å²) in [5.74, 6) is 0.912. The highest BCUT2D eigenvalue weighted by molar-refractivity contribution is 5.80. The average molecular weight is 333 g/mol. The maximum absolute atomic E-state index is 5.88. The molecule has 0 saturated heterocycles. The molecule has 0 radical (unpaired) electrons. The van der Waals surface area contributed by atoms with Gasteiger partial charge in [-0.2, -0.15) is 0 Å². The molecule has 4 nitrogen and oxygen atoms in total. The van der Waals surface area contributed by atoms with Gasteiger partial charge in [-0.25, -0.2) is 0 Å². The lowest BCUT2D eigenvalue weighted by Crippen LogP contribution is -2.37. The van der Waals surface area contributed by atoms with Crippen LogP contribution in [0, 0.1) is 0 Å². The van der Waals surface area contributed by atoms with Crippen LogP contribution in [0.4, 0.5) is 5.69 Å². The number of fused-ring (bicyclic) bond motifs is 3. The van der Waals surface area contributed by atoms with E-state index in [4.69, 9.17) is 4.74 Å². The molecule has 0 unspecified atom stereocenters. The fraction of sp³-hybridized carbons (Fsp3) is 0.238. The van der Waals surface area contributed by atoms with Gasteiger partial charge in [0.2, 0.25) is 0 Å². The first kappa shape index (κ1) is 15.8. The number of benzene rings is 2. The van der Waals surface area contributed by atoms with Gasteiger partial charge >= 0.3 is 0 Å². The minimum atomic E-state index is 0.772. The van der Waals surface area contributed by atoms with Gasteiger partial charge in [-0.3, -0.25) is 10.0 Å². The summed E-state index contributed by atoms with van der Waals surface area (Å²) in [6, 6.07) is 16.6. The van der Waals surface area contributed by atoms with Crippen LogP contribution >= 0.6 is 0 Å². The number of unbranched alkanes of at least 4 members (excludes halogenated alkanes) is 2. The molecule has 1 N–H and O–H groups in total. The van der Waals surface area contributed by atoms with Crippen LogP contribution in [-0.4, -0.2) is 11.6 Å². The Hall–Kier alpha value is -2.72. The van der Waals surface area contributed by atoms with E-state index < -0.39 is 0 Å². The van der Waals surface area contributed by atoms with Crippen LogP contribution < -0.4 is 15.3 Å². The van der Waals surface area contributed by atoms with Gasteiger partial charge in [-0.15, -0.1) is 5.53 Å². The van der Waals surface area contributed by atoms with E-state index in [-0.39, 0.29) is 0 Å². The standard InChI is InChI=1S/C21H23N3O/c1-2-3-6-14-25-19-10-7-9-18(15-19)24-16-21-20-11-5-4-8-17(20)12-13-23(21)22-24/h4-5,7-13,15-16,22H,2-3,6,14H2,1H3. The fourth-order valence-corrected chi connectivity index (χ4v) is 3.12. The minimum absolute atomic E-state index is 0.772. The summed E-state index contributed by atoms with van der Waals surface area (Å²) in [5, 5.41) is 4.07. The van der Waals surface area contributed by atoms with Crippen molar-refractivity contribution < 1.29 is 4.74 Å². The average Bonchev–Trinajstić information content (AvgIpc) is 3.10. The van der Waals surface area contributed by atoms with E-state index in [2.05, 4.69) is 67.3 Å². The molecule has 25 heavy (non-hydrogen) atoms. The van der Waals surface area contributed by atoms with Crippen LogP contribution in [0.2, 0.25) is 0 Å². The first-order chi connectivity index (χ1) is 12.3. The molecule has 0 aliphatic carbocycles. The van der Waals surface area contributed by atoms with Gasteiger partial charge in [-0.05, 0) is 30.2 Å². The van der Waals surface area contributed by atoms with Crippen molar-refractivity contribution in [1.29, 1.82) is 0 Å². The van der Waals surface area contributed by atoms with Crippen molar-refractivity contribution in [3.8, 4) is 5.75 Å². The minimum Gasteiger partial charge on any atom is -0.494 e. The van der Waals surface area contributed by atoms with Crippen molar-refractivity contribution >= 4 is 17.5 Å². The molecular weight excluding hydrogens is 310 g/mol. The van der Waals surface area contributed by atoms with E-state index >= 15 is 0 Å². The summed E-state index contributed by atoms with van der Waals surface area (Å²) in [5.41, 5.74) is 8.05. The van der Waals surface area contributed by atoms with Crippen molar-refractivity contribution in [3.63, 3.8) is 0 Å². The van der Waals surface area contributed by atoms with Crippen molar-refractivity contribution in [1.82, 2.24) is 10.5 Å². The molecule has 4 rings (SSSR count). The summed E-state index contributed by atoms with van der Waals surface area (Å²) < 4.78 is 5.88. The smallest absolute Gasteiger partial charge is 0.121 e. The Kier molecular flexibility index (Phi) is 4.44. The lowest BCUT2D eigenvalue weighted by atomic mass is 10.0. The number of hydrogen-bond acceptors (Lipinski definition) is 4. The molecule has 2 aromatic rings. The summed E-state index contributed by atoms with van der Waals surface area (Å²) in [6.07, 6.45) is 9.82. The van der Waals surface area contributed by atoms with E-state index in [9.17, 15) is 0 Å². The Labute approximate surface area is 149 Å². The zero-order chi connectivity index (χ0) is 17.1. The van der Waals surface area contributed by atoms with Crippen LogP contribution in [0.15, 0.2) is 60.9 Å². The van der Waals surface area contributed by atoms with Gasteiger partial charge in [-0.1, -0.05) is 50.1 Å². The highest BCUT2D eigenvalue weighted by Crippen LogP contribution is 2.33. The summed E-state index contributed by atoms with van der Waals surface area (Å²) >= 11 is 0. The molecule has 128 valence electrons. The Balaban J connectivity index is 1.52. The largest absolute Gasteiger partial charge is 0.494 e. The second kappa shape index (κ2) is 7.03. The number of anilines is 1. The van der Waals surface area contributed by atoms with Gasteiger partial charge in [0.15, 0.2) is 0 Å². The third kappa shape index (κ3) is 3.26.